The smallest absolute Gasteiger partial charge is 0.174 e. The van der Waals surface area contributed by atoms with Gasteiger partial charge in [-0.2, -0.15) is 5.10 Å². The number of nitrogens with zero attached hydrogens (tertiary/aromatic N) is 5. The van der Waals surface area contributed by atoms with E-state index in [1.807, 2.05) is 46.7 Å². The predicted octanol–water partition coefficient (Wildman–Crippen LogP) is 3.53. The van der Waals surface area contributed by atoms with Gasteiger partial charge in [0.2, 0.25) is 0 Å². The zero-order valence-corrected chi connectivity index (χ0v) is 15.4. The SMILES string of the molecule is COc1cc(/C=C/c2nc3n(n2)C[C@@H](C)CC3)ccc1-n1cnc(C)c1. The number of aromatic nitrogens is 5. The normalized spacial score (nSPS) is 16.8. The molecule has 0 saturated carbocycles. The molecule has 1 aliphatic rings. The summed E-state index contributed by atoms with van der Waals surface area (Å²) in [6, 6.07) is 6.11. The van der Waals surface area contributed by atoms with Crippen molar-refractivity contribution in [2.45, 2.75) is 33.2 Å². The molecule has 2 aromatic heterocycles. The highest BCUT2D eigenvalue weighted by Gasteiger charge is 2.17. The van der Waals surface area contributed by atoms with Gasteiger partial charge in [-0.1, -0.05) is 19.1 Å². The molecule has 134 valence electrons. The molecule has 0 amide bonds. The fraction of sp³-hybridized carbons (Fsp3) is 0.350. The van der Waals surface area contributed by atoms with E-state index in [1.165, 1.54) is 6.42 Å². The van der Waals surface area contributed by atoms with Gasteiger partial charge in [0.25, 0.3) is 0 Å². The molecular formula is C20H23N5O. The zero-order valence-electron chi connectivity index (χ0n) is 15.4. The van der Waals surface area contributed by atoms with Gasteiger partial charge >= 0.3 is 0 Å². The van der Waals surface area contributed by atoms with Crippen molar-refractivity contribution in [3.63, 3.8) is 0 Å². The molecule has 0 saturated heterocycles. The van der Waals surface area contributed by atoms with Crippen LogP contribution in [0.2, 0.25) is 0 Å². The highest BCUT2D eigenvalue weighted by molar-refractivity contribution is 5.69. The Bertz CT molecular complexity index is 953. The Morgan fingerprint density at radius 2 is 2.15 bits per heavy atom. The predicted molar refractivity (Wildman–Crippen MR) is 101 cm³/mol. The third-order valence-electron chi connectivity index (χ3n) is 4.73. The van der Waals surface area contributed by atoms with Crippen molar-refractivity contribution >= 4 is 12.2 Å². The van der Waals surface area contributed by atoms with Crippen LogP contribution in [-0.4, -0.2) is 31.4 Å². The van der Waals surface area contributed by atoms with E-state index in [9.17, 15) is 0 Å². The van der Waals surface area contributed by atoms with E-state index in [4.69, 9.17) is 4.74 Å². The van der Waals surface area contributed by atoms with Crippen molar-refractivity contribution in [1.29, 1.82) is 0 Å². The van der Waals surface area contributed by atoms with Crippen LogP contribution in [0.4, 0.5) is 0 Å². The number of benzene rings is 1. The number of hydrogen-bond donors (Lipinski definition) is 0. The molecule has 6 nitrogen and oxygen atoms in total. The van der Waals surface area contributed by atoms with E-state index >= 15 is 0 Å². The maximum absolute atomic E-state index is 5.56. The highest BCUT2D eigenvalue weighted by Crippen LogP contribution is 2.25. The first-order chi connectivity index (χ1) is 12.6. The van der Waals surface area contributed by atoms with Gasteiger partial charge in [0.15, 0.2) is 5.82 Å². The number of aryl methyl sites for hydroxylation is 2. The van der Waals surface area contributed by atoms with Crippen LogP contribution >= 0.6 is 0 Å². The lowest BCUT2D eigenvalue weighted by Gasteiger charge is -2.17. The molecule has 3 aromatic rings. The van der Waals surface area contributed by atoms with Crippen molar-refractivity contribution in [2.75, 3.05) is 7.11 Å². The molecule has 0 N–H and O–H groups in total. The van der Waals surface area contributed by atoms with Crippen LogP contribution in [0, 0.1) is 12.8 Å². The van der Waals surface area contributed by atoms with E-state index in [0.717, 1.165) is 47.3 Å². The molecule has 0 fully saturated rings. The van der Waals surface area contributed by atoms with Crippen LogP contribution in [0.1, 0.15) is 36.3 Å². The van der Waals surface area contributed by atoms with Crippen LogP contribution < -0.4 is 4.74 Å². The first-order valence-electron chi connectivity index (χ1n) is 8.93. The van der Waals surface area contributed by atoms with Crippen molar-refractivity contribution in [3.05, 3.63) is 53.6 Å². The zero-order chi connectivity index (χ0) is 18.1. The minimum Gasteiger partial charge on any atom is -0.495 e. The lowest BCUT2D eigenvalue weighted by Crippen LogP contribution is -2.18. The van der Waals surface area contributed by atoms with Gasteiger partial charge in [0.1, 0.15) is 11.6 Å². The fourth-order valence-electron chi connectivity index (χ4n) is 3.29. The summed E-state index contributed by atoms with van der Waals surface area (Å²) in [6.45, 7) is 5.19. The lowest BCUT2D eigenvalue weighted by molar-refractivity contribution is 0.367. The number of ether oxygens (including phenoxy) is 1. The van der Waals surface area contributed by atoms with Crippen molar-refractivity contribution in [2.24, 2.45) is 5.92 Å². The molecule has 1 aromatic carbocycles. The average Bonchev–Trinajstić information content (AvgIpc) is 3.25. The van der Waals surface area contributed by atoms with Crippen LogP contribution in [0.15, 0.2) is 30.7 Å². The summed E-state index contributed by atoms with van der Waals surface area (Å²) in [5.41, 5.74) is 2.98. The summed E-state index contributed by atoms with van der Waals surface area (Å²) in [7, 11) is 1.68. The van der Waals surface area contributed by atoms with Gasteiger partial charge in [-0.3, -0.25) is 0 Å². The monoisotopic (exact) mass is 349 g/mol. The Hall–Kier alpha value is -2.89. The summed E-state index contributed by atoms with van der Waals surface area (Å²) < 4.78 is 9.57. The maximum atomic E-state index is 5.56. The Balaban J connectivity index is 1.58. The topological polar surface area (TPSA) is 57.8 Å². The van der Waals surface area contributed by atoms with Gasteiger partial charge < -0.3 is 9.30 Å². The van der Waals surface area contributed by atoms with Crippen LogP contribution in [-0.2, 0) is 13.0 Å². The molecular weight excluding hydrogens is 326 g/mol. The minimum atomic E-state index is 0.671. The highest BCUT2D eigenvalue weighted by atomic mass is 16.5. The molecule has 4 rings (SSSR count). The summed E-state index contributed by atoms with van der Waals surface area (Å²) in [5, 5.41) is 4.60. The standard InChI is InChI=1S/C20H23N5O/c1-14-4-9-20-22-19(23-25(20)11-14)8-6-16-5-7-17(18(10-16)26-3)24-12-15(2)21-13-24/h5-8,10,12-14H,4,9,11H2,1-3H3/b8-6+/t14-/m0/s1. The van der Waals surface area contributed by atoms with Gasteiger partial charge in [-0.25, -0.2) is 14.6 Å². The van der Waals surface area contributed by atoms with Gasteiger partial charge in [0, 0.05) is 19.2 Å². The first kappa shape index (κ1) is 16.6. The second kappa shape index (κ2) is 6.78. The molecule has 0 radical (unpaired) electrons. The molecule has 0 bridgehead atoms. The molecule has 0 spiro atoms. The second-order valence-corrected chi connectivity index (χ2v) is 6.90. The number of fused-ring (bicyclic) bond motifs is 1. The summed E-state index contributed by atoms with van der Waals surface area (Å²) in [4.78, 5) is 8.91. The minimum absolute atomic E-state index is 0.671. The molecule has 1 atom stereocenters. The Labute approximate surface area is 153 Å². The molecule has 3 heterocycles. The molecule has 0 unspecified atom stereocenters. The fourth-order valence-corrected chi connectivity index (χ4v) is 3.29. The molecule has 26 heavy (non-hydrogen) atoms. The summed E-state index contributed by atoms with van der Waals surface area (Å²) in [5.74, 6) is 3.33. The van der Waals surface area contributed by atoms with Gasteiger partial charge in [0.05, 0.1) is 24.8 Å². The molecule has 6 heteroatoms. The van der Waals surface area contributed by atoms with E-state index in [2.05, 4.69) is 28.1 Å². The van der Waals surface area contributed by atoms with E-state index < -0.39 is 0 Å². The van der Waals surface area contributed by atoms with E-state index in [-0.39, 0.29) is 0 Å². The van der Waals surface area contributed by atoms with Crippen LogP contribution in [0.3, 0.4) is 0 Å². The van der Waals surface area contributed by atoms with Crippen LogP contribution in [0.25, 0.3) is 17.8 Å². The number of rotatable bonds is 4. The second-order valence-electron chi connectivity index (χ2n) is 6.90. The van der Waals surface area contributed by atoms with Gasteiger partial charge in [-0.05, 0) is 43.0 Å². The first-order valence-corrected chi connectivity index (χ1v) is 8.93. The average molecular weight is 349 g/mol. The largest absolute Gasteiger partial charge is 0.495 e. The number of methoxy groups -OCH3 is 1. The molecule has 0 aliphatic carbocycles. The third kappa shape index (κ3) is 3.27. The summed E-state index contributed by atoms with van der Waals surface area (Å²) >= 11 is 0. The third-order valence-corrected chi connectivity index (χ3v) is 4.73. The van der Waals surface area contributed by atoms with Crippen LogP contribution in [0.5, 0.6) is 5.75 Å². The van der Waals surface area contributed by atoms with E-state index in [1.54, 1.807) is 13.4 Å². The van der Waals surface area contributed by atoms with Crippen molar-refractivity contribution in [1.82, 2.24) is 24.3 Å². The van der Waals surface area contributed by atoms with Gasteiger partial charge in [-0.15, -0.1) is 0 Å². The number of hydrogen-bond acceptors (Lipinski definition) is 4. The lowest BCUT2D eigenvalue weighted by atomic mass is 10.0. The van der Waals surface area contributed by atoms with E-state index in [0.29, 0.717) is 5.92 Å². The summed E-state index contributed by atoms with van der Waals surface area (Å²) in [6.07, 6.45) is 9.96. The van der Waals surface area contributed by atoms with Crippen molar-refractivity contribution in [3.8, 4) is 11.4 Å². The Kier molecular flexibility index (Phi) is 4.32. The quantitative estimate of drug-likeness (QED) is 0.723. The Morgan fingerprint density at radius 3 is 2.92 bits per heavy atom. The Morgan fingerprint density at radius 1 is 1.27 bits per heavy atom. The number of imidazole rings is 1. The van der Waals surface area contributed by atoms with Crippen molar-refractivity contribution < 1.29 is 4.74 Å². The maximum Gasteiger partial charge on any atom is 0.174 e. The molecule has 1 aliphatic heterocycles.